The summed E-state index contributed by atoms with van der Waals surface area (Å²) in [6.45, 7) is 1.55. The summed E-state index contributed by atoms with van der Waals surface area (Å²) in [5.74, 6) is 0.341. The number of hydrogen-bond donors (Lipinski definition) is 1. The minimum absolute atomic E-state index is 0.0977. The molecule has 2 rings (SSSR count). The summed E-state index contributed by atoms with van der Waals surface area (Å²) >= 11 is 5.56. The molecule has 1 heterocycles. The van der Waals surface area contributed by atoms with Crippen molar-refractivity contribution in [1.29, 1.82) is 0 Å². The van der Waals surface area contributed by atoms with Crippen LogP contribution >= 0.6 is 11.6 Å². The molecule has 0 amide bonds. The number of halogens is 1. The van der Waals surface area contributed by atoms with Crippen LogP contribution in [0.5, 0.6) is 0 Å². The van der Waals surface area contributed by atoms with Crippen LogP contribution < -0.4 is 5.73 Å². The number of amidine groups is 1. The number of aliphatic imine (C=N–C) groups is 1. The van der Waals surface area contributed by atoms with E-state index in [9.17, 15) is 8.42 Å². The van der Waals surface area contributed by atoms with Crippen LogP contribution in [0.15, 0.2) is 34.2 Å². The predicted octanol–water partition coefficient (Wildman–Crippen LogP) is 0.935. The number of sulfonamides is 1. The van der Waals surface area contributed by atoms with Crippen LogP contribution in [0, 0.1) is 0 Å². The lowest BCUT2D eigenvalue weighted by Crippen LogP contribution is -2.40. The van der Waals surface area contributed by atoms with Crippen molar-refractivity contribution < 1.29 is 13.2 Å². The van der Waals surface area contributed by atoms with Crippen LogP contribution in [0.4, 0.5) is 5.69 Å². The van der Waals surface area contributed by atoms with Crippen LogP contribution in [0.3, 0.4) is 0 Å². The van der Waals surface area contributed by atoms with E-state index in [2.05, 4.69) is 4.99 Å². The predicted molar refractivity (Wildman–Crippen MR) is 78.0 cm³/mol. The van der Waals surface area contributed by atoms with Crippen LogP contribution in [-0.2, 0) is 14.8 Å². The zero-order chi connectivity index (χ0) is 14.6. The van der Waals surface area contributed by atoms with Crippen molar-refractivity contribution in [3.63, 3.8) is 0 Å². The molecule has 2 N–H and O–H groups in total. The molecule has 0 aliphatic carbocycles. The molecule has 1 fully saturated rings. The van der Waals surface area contributed by atoms with Gasteiger partial charge in [0.2, 0.25) is 10.0 Å². The van der Waals surface area contributed by atoms with Crippen molar-refractivity contribution in [2.24, 2.45) is 10.7 Å². The maximum atomic E-state index is 12.5. The highest BCUT2D eigenvalue weighted by molar-refractivity contribution is 7.89. The summed E-state index contributed by atoms with van der Waals surface area (Å²) < 4.78 is 31.5. The average Bonchev–Trinajstić information content (AvgIpc) is 2.48. The summed E-state index contributed by atoms with van der Waals surface area (Å²) in [6, 6.07) is 6.34. The summed E-state index contributed by atoms with van der Waals surface area (Å²) in [5.41, 5.74) is 6.02. The number of alkyl halides is 1. The summed E-state index contributed by atoms with van der Waals surface area (Å²) in [4.78, 5) is 4.25. The highest BCUT2D eigenvalue weighted by Crippen LogP contribution is 2.22. The first-order chi connectivity index (χ1) is 9.54. The minimum Gasteiger partial charge on any atom is -0.386 e. The third kappa shape index (κ3) is 3.49. The molecule has 0 unspecified atom stereocenters. The van der Waals surface area contributed by atoms with Crippen LogP contribution in [0.2, 0.25) is 0 Å². The molecule has 110 valence electrons. The Morgan fingerprint density at radius 2 is 2.10 bits per heavy atom. The Kier molecular flexibility index (Phi) is 4.98. The zero-order valence-corrected chi connectivity index (χ0v) is 12.4. The van der Waals surface area contributed by atoms with E-state index in [4.69, 9.17) is 22.1 Å². The van der Waals surface area contributed by atoms with E-state index in [0.29, 0.717) is 32.0 Å². The number of benzene rings is 1. The second-order valence-electron chi connectivity index (χ2n) is 4.25. The van der Waals surface area contributed by atoms with Crippen LogP contribution in [0.25, 0.3) is 0 Å². The van der Waals surface area contributed by atoms with E-state index in [0.717, 1.165) is 0 Å². The Morgan fingerprint density at radius 1 is 1.40 bits per heavy atom. The molecule has 1 saturated heterocycles. The van der Waals surface area contributed by atoms with Gasteiger partial charge in [-0.2, -0.15) is 4.31 Å². The average molecular weight is 318 g/mol. The monoisotopic (exact) mass is 317 g/mol. The molecule has 20 heavy (non-hydrogen) atoms. The lowest BCUT2D eigenvalue weighted by molar-refractivity contribution is 0.0730. The zero-order valence-electron chi connectivity index (χ0n) is 10.8. The van der Waals surface area contributed by atoms with Gasteiger partial charge in [0.05, 0.1) is 29.7 Å². The lowest BCUT2D eigenvalue weighted by Gasteiger charge is -2.26. The molecule has 0 bridgehead atoms. The fraction of sp³-hybridized carbons (Fsp3) is 0.417. The topological polar surface area (TPSA) is 85.0 Å². The summed E-state index contributed by atoms with van der Waals surface area (Å²) in [5, 5.41) is 0. The van der Waals surface area contributed by atoms with Crippen molar-refractivity contribution in [1.82, 2.24) is 4.31 Å². The van der Waals surface area contributed by atoms with Crippen molar-refractivity contribution >= 4 is 33.1 Å². The third-order valence-corrected chi connectivity index (χ3v) is 5.00. The quantitative estimate of drug-likeness (QED) is 0.508. The van der Waals surface area contributed by atoms with Gasteiger partial charge in [-0.05, 0) is 18.2 Å². The van der Waals surface area contributed by atoms with Gasteiger partial charge in [-0.1, -0.05) is 6.07 Å². The summed E-state index contributed by atoms with van der Waals surface area (Å²) in [7, 11) is -3.52. The Hall–Kier alpha value is -1.15. The van der Waals surface area contributed by atoms with E-state index >= 15 is 0 Å². The molecule has 0 spiro atoms. The Labute approximate surface area is 123 Å². The maximum absolute atomic E-state index is 12.5. The third-order valence-electron chi connectivity index (χ3n) is 2.84. The standard InChI is InChI=1S/C12H16ClN3O3S/c13-9-12(14)15-10-2-1-3-11(8-10)20(17,18)16-4-6-19-7-5-16/h1-3,8H,4-7,9H2,(H2,14,15). The Morgan fingerprint density at radius 3 is 2.75 bits per heavy atom. The van der Waals surface area contributed by atoms with Gasteiger partial charge in [-0.15, -0.1) is 11.6 Å². The number of morpholine rings is 1. The van der Waals surface area contributed by atoms with Gasteiger partial charge in [0.15, 0.2) is 0 Å². The van der Waals surface area contributed by atoms with E-state index in [-0.39, 0.29) is 16.6 Å². The van der Waals surface area contributed by atoms with E-state index in [1.165, 1.54) is 10.4 Å². The Balaban J connectivity index is 2.30. The maximum Gasteiger partial charge on any atom is 0.243 e. The van der Waals surface area contributed by atoms with Gasteiger partial charge in [0.25, 0.3) is 0 Å². The molecule has 1 aliphatic rings. The Bertz CT molecular complexity index is 598. The molecular formula is C12H16ClN3O3S. The fourth-order valence-electron chi connectivity index (χ4n) is 1.85. The number of nitrogens with two attached hydrogens (primary N) is 1. The van der Waals surface area contributed by atoms with Crippen LogP contribution in [-0.4, -0.2) is 50.7 Å². The number of rotatable bonds is 4. The van der Waals surface area contributed by atoms with Gasteiger partial charge < -0.3 is 10.5 Å². The molecule has 8 heteroatoms. The van der Waals surface area contributed by atoms with Crippen LogP contribution in [0.1, 0.15) is 0 Å². The smallest absolute Gasteiger partial charge is 0.243 e. The van der Waals surface area contributed by atoms with Gasteiger partial charge in [-0.3, -0.25) is 0 Å². The number of hydrogen-bond acceptors (Lipinski definition) is 4. The van der Waals surface area contributed by atoms with Gasteiger partial charge >= 0.3 is 0 Å². The molecule has 0 radical (unpaired) electrons. The normalized spacial score (nSPS) is 18.1. The van der Waals surface area contributed by atoms with Crippen molar-refractivity contribution in [3.8, 4) is 0 Å². The van der Waals surface area contributed by atoms with E-state index in [1.807, 2.05) is 0 Å². The molecule has 1 aromatic carbocycles. The first kappa shape index (κ1) is 15.2. The van der Waals surface area contributed by atoms with Gasteiger partial charge in [-0.25, -0.2) is 13.4 Å². The number of nitrogens with zero attached hydrogens (tertiary/aromatic N) is 2. The SMILES string of the molecule is NC(CCl)=Nc1cccc(S(=O)(=O)N2CCOCC2)c1. The highest BCUT2D eigenvalue weighted by Gasteiger charge is 2.26. The van der Waals surface area contributed by atoms with Crippen molar-refractivity contribution in [2.45, 2.75) is 4.90 Å². The van der Waals surface area contributed by atoms with Crippen molar-refractivity contribution in [2.75, 3.05) is 32.2 Å². The molecule has 1 aliphatic heterocycles. The molecule has 0 saturated carbocycles. The first-order valence-electron chi connectivity index (χ1n) is 6.11. The van der Waals surface area contributed by atoms with Gasteiger partial charge in [0.1, 0.15) is 5.84 Å². The lowest BCUT2D eigenvalue weighted by atomic mass is 10.3. The van der Waals surface area contributed by atoms with Gasteiger partial charge in [0, 0.05) is 13.1 Å². The van der Waals surface area contributed by atoms with E-state index in [1.54, 1.807) is 18.2 Å². The van der Waals surface area contributed by atoms with Crippen molar-refractivity contribution in [3.05, 3.63) is 24.3 Å². The number of ether oxygens (including phenoxy) is 1. The molecule has 0 atom stereocenters. The minimum atomic E-state index is -3.52. The summed E-state index contributed by atoms with van der Waals surface area (Å²) in [6.07, 6.45) is 0. The molecule has 0 aromatic heterocycles. The second kappa shape index (κ2) is 6.53. The fourth-order valence-corrected chi connectivity index (χ4v) is 3.35. The highest BCUT2D eigenvalue weighted by atomic mass is 35.5. The molecule has 1 aromatic rings. The molecule has 6 nitrogen and oxygen atoms in total. The largest absolute Gasteiger partial charge is 0.386 e. The first-order valence-corrected chi connectivity index (χ1v) is 8.08. The molecular weight excluding hydrogens is 302 g/mol. The second-order valence-corrected chi connectivity index (χ2v) is 6.46. The van der Waals surface area contributed by atoms with E-state index < -0.39 is 10.0 Å².